The van der Waals surface area contributed by atoms with E-state index in [2.05, 4.69) is 15.9 Å². The number of hydrogen-bond donors (Lipinski definition) is 1. The Morgan fingerprint density at radius 3 is 2.69 bits per heavy atom. The third-order valence-electron chi connectivity index (χ3n) is 2.41. The zero-order chi connectivity index (χ0) is 11.7. The molecule has 1 unspecified atom stereocenters. The minimum absolute atomic E-state index is 0.575. The van der Waals surface area contributed by atoms with Gasteiger partial charge in [-0.15, -0.1) is 11.3 Å². The lowest BCUT2D eigenvalue weighted by Crippen LogP contribution is -1.98. The van der Waals surface area contributed by atoms with Crippen molar-refractivity contribution in [2.45, 2.75) is 13.0 Å². The van der Waals surface area contributed by atoms with Crippen LogP contribution in [-0.4, -0.2) is 5.11 Å². The Morgan fingerprint density at radius 1 is 1.38 bits per heavy atom. The lowest BCUT2D eigenvalue weighted by atomic mass is 10.1. The van der Waals surface area contributed by atoms with Crippen molar-refractivity contribution in [1.82, 2.24) is 0 Å². The number of hydrogen-bond acceptors (Lipinski definition) is 2. The van der Waals surface area contributed by atoms with Gasteiger partial charge in [0.25, 0.3) is 0 Å². The molecule has 0 radical (unpaired) electrons. The molecule has 2 aromatic rings. The van der Waals surface area contributed by atoms with Gasteiger partial charge in [0.05, 0.1) is 5.02 Å². The van der Waals surface area contributed by atoms with Crippen molar-refractivity contribution in [3.8, 4) is 0 Å². The molecular weight excluding hydrogens is 308 g/mol. The number of aliphatic hydroxyl groups is 1. The Morgan fingerprint density at radius 2 is 2.12 bits per heavy atom. The molecule has 1 N–H and O–H groups in total. The van der Waals surface area contributed by atoms with Gasteiger partial charge in [-0.2, -0.15) is 0 Å². The van der Waals surface area contributed by atoms with Gasteiger partial charge in [-0.1, -0.05) is 17.7 Å². The Labute approximate surface area is 112 Å². The number of aryl methyl sites for hydroxylation is 1. The van der Waals surface area contributed by atoms with Crippen LogP contribution in [0.4, 0.5) is 0 Å². The van der Waals surface area contributed by atoms with Crippen molar-refractivity contribution in [2.75, 3.05) is 0 Å². The smallest absolute Gasteiger partial charge is 0.113 e. The normalized spacial score (nSPS) is 12.8. The molecule has 84 valence electrons. The van der Waals surface area contributed by atoms with Crippen LogP contribution >= 0.6 is 38.9 Å². The molecule has 0 saturated heterocycles. The Bertz CT molecular complexity index is 509. The van der Waals surface area contributed by atoms with Gasteiger partial charge in [0.1, 0.15) is 6.10 Å². The topological polar surface area (TPSA) is 20.2 Å². The first-order valence-electron chi connectivity index (χ1n) is 4.76. The fourth-order valence-electron chi connectivity index (χ4n) is 1.50. The van der Waals surface area contributed by atoms with Crippen LogP contribution in [0.2, 0.25) is 5.02 Å². The first kappa shape index (κ1) is 12.1. The summed E-state index contributed by atoms with van der Waals surface area (Å²) in [6, 6.07) is 7.49. The van der Waals surface area contributed by atoms with Gasteiger partial charge in [-0.05, 0) is 57.6 Å². The van der Waals surface area contributed by atoms with Gasteiger partial charge in [0, 0.05) is 9.35 Å². The molecule has 1 atom stereocenters. The molecule has 0 saturated carbocycles. The standard InChI is InChI=1S/C12H10BrClOS/c1-7-4-5-16-12(7)11(15)8-2-3-10(14)9(13)6-8/h2-6,11,15H,1H3. The third kappa shape index (κ3) is 2.33. The molecule has 16 heavy (non-hydrogen) atoms. The molecule has 4 heteroatoms. The first-order chi connectivity index (χ1) is 7.59. The Balaban J connectivity index is 2.38. The van der Waals surface area contributed by atoms with E-state index in [1.807, 2.05) is 30.5 Å². The zero-order valence-electron chi connectivity index (χ0n) is 8.58. The quantitative estimate of drug-likeness (QED) is 0.861. The van der Waals surface area contributed by atoms with Gasteiger partial charge < -0.3 is 5.11 Å². The van der Waals surface area contributed by atoms with Crippen LogP contribution in [0.3, 0.4) is 0 Å². The van der Waals surface area contributed by atoms with Gasteiger partial charge in [0.2, 0.25) is 0 Å². The van der Waals surface area contributed by atoms with Crippen LogP contribution in [0, 0.1) is 6.92 Å². The van der Waals surface area contributed by atoms with Crippen molar-refractivity contribution in [1.29, 1.82) is 0 Å². The summed E-state index contributed by atoms with van der Waals surface area (Å²) in [6.07, 6.45) is -0.575. The molecule has 0 spiro atoms. The molecule has 1 aromatic carbocycles. The second-order valence-corrected chi connectivity index (χ2v) is 5.75. The van der Waals surface area contributed by atoms with E-state index in [1.54, 1.807) is 17.4 Å². The molecular formula is C12H10BrClOS. The van der Waals surface area contributed by atoms with Crippen molar-refractivity contribution in [3.63, 3.8) is 0 Å². The van der Waals surface area contributed by atoms with Crippen molar-refractivity contribution in [2.24, 2.45) is 0 Å². The minimum atomic E-state index is -0.575. The molecule has 1 heterocycles. The second-order valence-electron chi connectivity index (χ2n) is 3.54. The van der Waals surface area contributed by atoms with E-state index in [1.165, 1.54) is 0 Å². The molecule has 2 rings (SSSR count). The molecule has 0 aliphatic rings. The van der Waals surface area contributed by atoms with E-state index in [0.717, 1.165) is 20.5 Å². The molecule has 0 aliphatic heterocycles. The highest BCUT2D eigenvalue weighted by atomic mass is 79.9. The maximum atomic E-state index is 10.2. The van der Waals surface area contributed by atoms with E-state index in [4.69, 9.17) is 11.6 Å². The van der Waals surface area contributed by atoms with Gasteiger partial charge in [-0.25, -0.2) is 0 Å². The summed E-state index contributed by atoms with van der Waals surface area (Å²) in [5, 5.41) is 12.9. The van der Waals surface area contributed by atoms with E-state index in [0.29, 0.717) is 5.02 Å². The fourth-order valence-corrected chi connectivity index (χ4v) is 2.95. The summed E-state index contributed by atoms with van der Waals surface area (Å²) in [6.45, 7) is 2.00. The van der Waals surface area contributed by atoms with Crippen LogP contribution in [0.1, 0.15) is 22.1 Å². The van der Waals surface area contributed by atoms with Crippen LogP contribution < -0.4 is 0 Å². The fraction of sp³-hybridized carbons (Fsp3) is 0.167. The summed E-state index contributed by atoms with van der Waals surface area (Å²) in [5.74, 6) is 0. The van der Waals surface area contributed by atoms with Crippen molar-refractivity contribution < 1.29 is 5.11 Å². The molecule has 1 nitrogen and oxygen atoms in total. The maximum absolute atomic E-state index is 10.2. The van der Waals surface area contributed by atoms with E-state index < -0.39 is 6.10 Å². The average molecular weight is 318 g/mol. The summed E-state index contributed by atoms with van der Waals surface area (Å²) >= 11 is 10.8. The molecule has 0 aliphatic carbocycles. The van der Waals surface area contributed by atoms with E-state index in [-0.39, 0.29) is 0 Å². The van der Waals surface area contributed by atoms with Gasteiger partial charge in [0.15, 0.2) is 0 Å². The van der Waals surface area contributed by atoms with Crippen LogP contribution in [-0.2, 0) is 0 Å². The molecule has 1 aromatic heterocycles. The van der Waals surface area contributed by atoms with Crippen LogP contribution in [0.15, 0.2) is 34.1 Å². The van der Waals surface area contributed by atoms with Crippen LogP contribution in [0.5, 0.6) is 0 Å². The Kier molecular flexibility index (Phi) is 3.70. The highest BCUT2D eigenvalue weighted by Gasteiger charge is 2.14. The first-order valence-corrected chi connectivity index (χ1v) is 6.81. The summed E-state index contributed by atoms with van der Waals surface area (Å²) in [4.78, 5) is 0.981. The van der Waals surface area contributed by atoms with Gasteiger partial charge in [-0.3, -0.25) is 0 Å². The maximum Gasteiger partial charge on any atom is 0.113 e. The SMILES string of the molecule is Cc1ccsc1C(O)c1ccc(Cl)c(Br)c1. The number of rotatable bonds is 2. The third-order valence-corrected chi connectivity index (χ3v) is 4.69. The molecule has 0 amide bonds. The molecule has 0 fully saturated rings. The average Bonchev–Trinajstić information content (AvgIpc) is 2.67. The lowest BCUT2D eigenvalue weighted by Gasteiger charge is -2.11. The number of aliphatic hydroxyl groups excluding tert-OH is 1. The van der Waals surface area contributed by atoms with Crippen molar-refractivity contribution in [3.05, 3.63) is 55.1 Å². The van der Waals surface area contributed by atoms with Crippen molar-refractivity contribution >= 4 is 38.9 Å². The number of thiophene rings is 1. The highest BCUT2D eigenvalue weighted by Crippen LogP contribution is 2.32. The number of benzene rings is 1. The predicted octanol–water partition coefficient (Wildman–Crippen LogP) is 4.55. The van der Waals surface area contributed by atoms with Crippen LogP contribution in [0.25, 0.3) is 0 Å². The van der Waals surface area contributed by atoms with E-state index >= 15 is 0 Å². The summed E-state index contributed by atoms with van der Waals surface area (Å²) < 4.78 is 0.805. The summed E-state index contributed by atoms with van der Waals surface area (Å²) in [5.41, 5.74) is 1.96. The minimum Gasteiger partial charge on any atom is -0.383 e. The lowest BCUT2D eigenvalue weighted by molar-refractivity contribution is 0.223. The highest BCUT2D eigenvalue weighted by molar-refractivity contribution is 9.10. The number of halogens is 2. The second kappa shape index (κ2) is 4.88. The molecule has 0 bridgehead atoms. The largest absolute Gasteiger partial charge is 0.383 e. The van der Waals surface area contributed by atoms with Gasteiger partial charge >= 0.3 is 0 Å². The monoisotopic (exact) mass is 316 g/mol. The summed E-state index contributed by atoms with van der Waals surface area (Å²) in [7, 11) is 0. The zero-order valence-corrected chi connectivity index (χ0v) is 11.7. The van der Waals surface area contributed by atoms with E-state index in [9.17, 15) is 5.11 Å². The predicted molar refractivity (Wildman–Crippen MR) is 72.3 cm³/mol. The Hall–Kier alpha value is -0.350.